The average Bonchev–Trinajstić information content (AvgIpc) is 2.45. The highest BCUT2D eigenvalue weighted by Gasteiger charge is 2.29. The number of carbonyl (C=O) groups excluding carboxylic acids is 2. The second-order valence-corrected chi connectivity index (χ2v) is 4.69. The zero-order valence-corrected chi connectivity index (χ0v) is 11.6. The number of ketones is 1. The lowest BCUT2D eigenvalue weighted by atomic mass is 10.1. The summed E-state index contributed by atoms with van der Waals surface area (Å²) in [6, 6.07) is -1.10. The highest BCUT2D eigenvalue weighted by molar-refractivity contribution is 5.91. The van der Waals surface area contributed by atoms with Crippen molar-refractivity contribution in [2.24, 2.45) is 0 Å². The summed E-state index contributed by atoms with van der Waals surface area (Å²) in [5.74, 6) is -1.95. The van der Waals surface area contributed by atoms with Crippen molar-refractivity contribution in [1.29, 1.82) is 0 Å². The van der Waals surface area contributed by atoms with Gasteiger partial charge in [0.1, 0.15) is 0 Å². The first-order chi connectivity index (χ1) is 9.34. The van der Waals surface area contributed by atoms with Crippen molar-refractivity contribution in [2.45, 2.75) is 25.5 Å². The van der Waals surface area contributed by atoms with Gasteiger partial charge in [-0.15, -0.1) is 0 Å². The monoisotopic (exact) mass is 288 g/mol. The van der Waals surface area contributed by atoms with Gasteiger partial charge in [-0.1, -0.05) is 0 Å². The molecule has 1 saturated heterocycles. The van der Waals surface area contributed by atoms with E-state index in [9.17, 15) is 14.4 Å². The Kier molecular flexibility index (Phi) is 5.90. The van der Waals surface area contributed by atoms with Crippen molar-refractivity contribution >= 4 is 17.8 Å². The van der Waals surface area contributed by atoms with Crippen LogP contribution < -0.4 is 0 Å². The van der Waals surface area contributed by atoms with Gasteiger partial charge < -0.3 is 24.7 Å². The molecule has 1 heterocycles. The molecule has 0 saturated carbocycles. The lowest BCUT2D eigenvalue weighted by Crippen LogP contribution is -2.51. The molecule has 1 aliphatic heterocycles. The van der Waals surface area contributed by atoms with E-state index in [4.69, 9.17) is 14.9 Å². The maximum atomic E-state index is 12.1. The van der Waals surface area contributed by atoms with Gasteiger partial charge >= 0.3 is 12.0 Å². The number of urea groups is 1. The third kappa shape index (κ3) is 4.17. The predicted octanol–water partition coefficient (Wildman–Crippen LogP) is -0.836. The molecule has 1 rings (SSSR count). The van der Waals surface area contributed by atoms with Gasteiger partial charge in [0.25, 0.3) is 0 Å². The SMILES string of the molecule is C[C@@H](C(=O)CC(O)C(=O)O)N(C)C(=O)N1CCOCC1. The zero-order chi connectivity index (χ0) is 15.3. The number of aliphatic carboxylic acids is 1. The van der Waals surface area contributed by atoms with E-state index in [1.54, 1.807) is 4.90 Å². The van der Waals surface area contributed by atoms with Crippen LogP contribution in [0.3, 0.4) is 0 Å². The molecule has 1 unspecified atom stereocenters. The molecule has 0 spiro atoms. The number of aliphatic hydroxyl groups is 1. The number of carbonyl (C=O) groups is 3. The third-order valence-electron chi connectivity index (χ3n) is 3.31. The van der Waals surface area contributed by atoms with Gasteiger partial charge in [-0.2, -0.15) is 0 Å². The number of hydrogen-bond donors (Lipinski definition) is 2. The quantitative estimate of drug-likeness (QED) is 0.683. The molecule has 0 aliphatic carbocycles. The summed E-state index contributed by atoms with van der Waals surface area (Å²) >= 11 is 0. The van der Waals surface area contributed by atoms with Crippen LogP contribution in [0, 0.1) is 0 Å². The number of carboxylic acid groups (broad SMARTS) is 1. The molecule has 2 N–H and O–H groups in total. The molecule has 114 valence electrons. The van der Waals surface area contributed by atoms with Crippen molar-refractivity contribution < 1.29 is 29.3 Å². The van der Waals surface area contributed by atoms with Crippen molar-refractivity contribution in [2.75, 3.05) is 33.4 Å². The Hall–Kier alpha value is -1.67. The van der Waals surface area contributed by atoms with E-state index in [1.165, 1.54) is 18.9 Å². The minimum Gasteiger partial charge on any atom is -0.479 e. The molecular weight excluding hydrogens is 268 g/mol. The van der Waals surface area contributed by atoms with Crippen LogP contribution in [0.25, 0.3) is 0 Å². The van der Waals surface area contributed by atoms with Crippen molar-refractivity contribution in [3.8, 4) is 0 Å². The normalized spacial score (nSPS) is 18.2. The first-order valence-corrected chi connectivity index (χ1v) is 6.37. The summed E-state index contributed by atoms with van der Waals surface area (Å²) in [5.41, 5.74) is 0. The lowest BCUT2D eigenvalue weighted by molar-refractivity contribution is -0.149. The maximum Gasteiger partial charge on any atom is 0.332 e. The maximum absolute atomic E-state index is 12.1. The van der Waals surface area contributed by atoms with Crippen LogP contribution in [0.15, 0.2) is 0 Å². The van der Waals surface area contributed by atoms with Gasteiger partial charge in [0.15, 0.2) is 11.9 Å². The summed E-state index contributed by atoms with van der Waals surface area (Å²) in [5, 5.41) is 17.7. The Bertz CT molecular complexity index is 380. The van der Waals surface area contributed by atoms with Crippen LogP contribution in [0.4, 0.5) is 4.79 Å². The summed E-state index contributed by atoms with van der Waals surface area (Å²) in [4.78, 5) is 37.3. The fourth-order valence-corrected chi connectivity index (χ4v) is 1.81. The number of Topliss-reactive ketones (excluding diaryl/α,β-unsaturated/α-hetero) is 1. The van der Waals surface area contributed by atoms with E-state index in [0.717, 1.165) is 0 Å². The average molecular weight is 288 g/mol. The predicted molar refractivity (Wildman–Crippen MR) is 68.3 cm³/mol. The Morgan fingerprint density at radius 3 is 2.35 bits per heavy atom. The lowest BCUT2D eigenvalue weighted by Gasteiger charge is -2.33. The van der Waals surface area contributed by atoms with Gasteiger partial charge in [0, 0.05) is 26.6 Å². The van der Waals surface area contributed by atoms with Crippen LogP contribution in [0.5, 0.6) is 0 Å². The van der Waals surface area contributed by atoms with Crippen molar-refractivity contribution in [3.05, 3.63) is 0 Å². The van der Waals surface area contributed by atoms with E-state index in [1.807, 2.05) is 0 Å². The number of amides is 2. The highest BCUT2D eigenvalue weighted by Crippen LogP contribution is 2.08. The highest BCUT2D eigenvalue weighted by atomic mass is 16.5. The number of carboxylic acids is 1. The fourth-order valence-electron chi connectivity index (χ4n) is 1.81. The molecule has 0 aromatic heterocycles. The molecule has 0 aromatic carbocycles. The first-order valence-electron chi connectivity index (χ1n) is 6.37. The number of morpholine rings is 1. The molecule has 1 fully saturated rings. The number of hydrogen-bond acceptors (Lipinski definition) is 5. The van der Waals surface area contributed by atoms with E-state index < -0.39 is 30.3 Å². The molecule has 0 bridgehead atoms. The fraction of sp³-hybridized carbons (Fsp3) is 0.750. The molecular formula is C12H20N2O6. The zero-order valence-electron chi connectivity index (χ0n) is 11.6. The number of nitrogens with zero attached hydrogens (tertiary/aromatic N) is 2. The van der Waals surface area contributed by atoms with E-state index in [0.29, 0.717) is 26.3 Å². The minimum absolute atomic E-state index is 0.307. The van der Waals surface area contributed by atoms with Crippen LogP contribution >= 0.6 is 0 Å². The molecule has 20 heavy (non-hydrogen) atoms. The van der Waals surface area contributed by atoms with Gasteiger partial charge in [-0.05, 0) is 6.92 Å². The van der Waals surface area contributed by atoms with Crippen LogP contribution in [-0.4, -0.2) is 83.3 Å². The largest absolute Gasteiger partial charge is 0.479 e. The van der Waals surface area contributed by atoms with Crippen LogP contribution in [0.1, 0.15) is 13.3 Å². The summed E-state index contributed by atoms with van der Waals surface area (Å²) in [7, 11) is 1.48. The Labute approximate surface area is 116 Å². The van der Waals surface area contributed by atoms with Crippen molar-refractivity contribution in [1.82, 2.24) is 9.80 Å². The Balaban J connectivity index is 2.56. The van der Waals surface area contributed by atoms with Crippen LogP contribution in [0.2, 0.25) is 0 Å². The molecule has 0 aromatic rings. The third-order valence-corrected chi connectivity index (χ3v) is 3.31. The van der Waals surface area contributed by atoms with Crippen LogP contribution in [-0.2, 0) is 14.3 Å². The smallest absolute Gasteiger partial charge is 0.332 e. The van der Waals surface area contributed by atoms with E-state index in [2.05, 4.69) is 0 Å². The van der Waals surface area contributed by atoms with E-state index >= 15 is 0 Å². The summed E-state index contributed by atoms with van der Waals surface area (Å²) in [6.45, 7) is 3.35. The Morgan fingerprint density at radius 1 is 1.30 bits per heavy atom. The molecule has 8 heteroatoms. The molecule has 8 nitrogen and oxygen atoms in total. The molecule has 2 atom stereocenters. The number of aliphatic hydroxyl groups excluding tert-OH is 1. The molecule has 1 aliphatic rings. The Morgan fingerprint density at radius 2 is 1.85 bits per heavy atom. The molecule has 2 amide bonds. The second-order valence-electron chi connectivity index (χ2n) is 4.69. The summed E-state index contributed by atoms with van der Waals surface area (Å²) in [6.07, 6.45) is -2.26. The van der Waals surface area contributed by atoms with E-state index in [-0.39, 0.29) is 6.03 Å². The van der Waals surface area contributed by atoms with Gasteiger partial charge in [-0.25, -0.2) is 9.59 Å². The minimum atomic E-state index is -1.74. The topological polar surface area (TPSA) is 107 Å². The molecule has 0 radical (unpaired) electrons. The van der Waals surface area contributed by atoms with Crippen molar-refractivity contribution in [3.63, 3.8) is 0 Å². The first kappa shape index (κ1) is 16.4. The summed E-state index contributed by atoms with van der Waals surface area (Å²) < 4.78 is 5.14. The standard InChI is InChI=1S/C12H20N2O6/c1-8(9(15)7-10(16)11(17)18)13(2)12(19)14-3-5-20-6-4-14/h8,10,16H,3-7H2,1-2H3,(H,17,18)/t8-,10?/m0/s1. The number of rotatable bonds is 5. The van der Waals surface area contributed by atoms with Gasteiger partial charge in [0.05, 0.1) is 19.3 Å². The number of likely N-dealkylation sites (N-methyl/N-ethyl adjacent to an activating group) is 1. The number of ether oxygens (including phenoxy) is 1. The van der Waals surface area contributed by atoms with Gasteiger partial charge in [0.2, 0.25) is 0 Å². The second kappa shape index (κ2) is 7.20. The van der Waals surface area contributed by atoms with Gasteiger partial charge in [-0.3, -0.25) is 4.79 Å².